The summed E-state index contributed by atoms with van der Waals surface area (Å²) in [5, 5.41) is 6.86. The summed E-state index contributed by atoms with van der Waals surface area (Å²) < 4.78 is 21.6. The van der Waals surface area contributed by atoms with Crippen molar-refractivity contribution in [3.05, 3.63) is 60.2 Å². The molecule has 8 nitrogen and oxygen atoms in total. The number of carbonyl (C=O) groups is 1. The standard InChI is InChI=1S/C21H23N3O5/c1-26-16-5-2-4-15(12-16)20-13-17(23-29-20)21(25)22-14-18(19-6-3-9-28-19)24-7-10-27-11-8-24/h2-6,9,12-13,18H,7-8,10-11,14H2,1H3,(H,22,25). The Balaban J connectivity index is 1.43. The van der Waals surface area contributed by atoms with E-state index in [1.807, 2.05) is 36.4 Å². The second-order valence-electron chi connectivity index (χ2n) is 6.70. The molecule has 0 aliphatic carbocycles. The minimum atomic E-state index is -0.298. The average molecular weight is 397 g/mol. The second kappa shape index (κ2) is 8.93. The van der Waals surface area contributed by atoms with Gasteiger partial charge in [0.25, 0.3) is 5.91 Å². The van der Waals surface area contributed by atoms with Crippen LogP contribution < -0.4 is 10.1 Å². The van der Waals surface area contributed by atoms with Crippen molar-refractivity contribution in [2.24, 2.45) is 0 Å². The van der Waals surface area contributed by atoms with Gasteiger partial charge in [-0.05, 0) is 24.3 Å². The maximum atomic E-state index is 12.6. The Labute approximate surface area is 168 Å². The van der Waals surface area contributed by atoms with Crippen molar-refractivity contribution in [3.63, 3.8) is 0 Å². The molecule has 0 radical (unpaired) electrons. The van der Waals surface area contributed by atoms with E-state index in [0.717, 1.165) is 24.4 Å². The van der Waals surface area contributed by atoms with Crippen LogP contribution in [0.1, 0.15) is 22.3 Å². The second-order valence-corrected chi connectivity index (χ2v) is 6.70. The number of nitrogens with one attached hydrogen (secondary N) is 1. The van der Waals surface area contributed by atoms with E-state index < -0.39 is 0 Å². The third-order valence-electron chi connectivity index (χ3n) is 4.91. The largest absolute Gasteiger partial charge is 0.497 e. The van der Waals surface area contributed by atoms with E-state index in [1.54, 1.807) is 19.4 Å². The van der Waals surface area contributed by atoms with Crippen LogP contribution in [-0.2, 0) is 4.74 Å². The van der Waals surface area contributed by atoms with Crippen LogP contribution >= 0.6 is 0 Å². The lowest BCUT2D eigenvalue weighted by molar-refractivity contribution is 0.0118. The number of amides is 1. The summed E-state index contributed by atoms with van der Waals surface area (Å²) in [5.41, 5.74) is 1.01. The predicted molar refractivity (Wildman–Crippen MR) is 105 cm³/mol. The van der Waals surface area contributed by atoms with Crippen LogP contribution in [0, 0.1) is 0 Å². The monoisotopic (exact) mass is 397 g/mol. The van der Waals surface area contributed by atoms with Gasteiger partial charge < -0.3 is 23.7 Å². The Bertz CT molecular complexity index is 931. The Kier molecular flexibility index (Phi) is 5.92. The van der Waals surface area contributed by atoms with Gasteiger partial charge in [0.2, 0.25) is 0 Å². The number of furan rings is 1. The molecule has 0 saturated carbocycles. The van der Waals surface area contributed by atoms with Crippen LogP contribution in [0.3, 0.4) is 0 Å². The lowest BCUT2D eigenvalue weighted by atomic mass is 10.1. The molecule has 4 rings (SSSR count). The number of aromatic nitrogens is 1. The molecule has 1 aromatic carbocycles. The summed E-state index contributed by atoms with van der Waals surface area (Å²) in [6.07, 6.45) is 1.64. The van der Waals surface area contributed by atoms with E-state index >= 15 is 0 Å². The molecule has 1 aliphatic rings. The number of rotatable bonds is 7. The van der Waals surface area contributed by atoms with Crippen molar-refractivity contribution < 1.29 is 23.2 Å². The number of carbonyl (C=O) groups excluding carboxylic acids is 1. The van der Waals surface area contributed by atoms with Gasteiger partial charge in [-0.15, -0.1) is 0 Å². The number of nitrogens with zero attached hydrogens (tertiary/aromatic N) is 2. The summed E-state index contributed by atoms with van der Waals surface area (Å²) in [5.74, 6) is 1.72. The first-order valence-corrected chi connectivity index (χ1v) is 9.49. The summed E-state index contributed by atoms with van der Waals surface area (Å²) in [6, 6.07) is 12.7. The molecular weight excluding hydrogens is 374 g/mol. The molecule has 2 aromatic heterocycles. The van der Waals surface area contributed by atoms with Gasteiger partial charge in [0.05, 0.1) is 32.6 Å². The zero-order chi connectivity index (χ0) is 20.1. The molecule has 29 heavy (non-hydrogen) atoms. The van der Waals surface area contributed by atoms with E-state index in [4.69, 9.17) is 18.4 Å². The van der Waals surface area contributed by atoms with Crippen molar-refractivity contribution in [2.45, 2.75) is 6.04 Å². The Morgan fingerprint density at radius 3 is 2.86 bits per heavy atom. The highest BCUT2D eigenvalue weighted by atomic mass is 16.5. The van der Waals surface area contributed by atoms with Gasteiger partial charge in [0.1, 0.15) is 11.5 Å². The van der Waals surface area contributed by atoms with Crippen LogP contribution in [0.5, 0.6) is 5.75 Å². The van der Waals surface area contributed by atoms with Gasteiger partial charge in [-0.25, -0.2) is 0 Å². The zero-order valence-electron chi connectivity index (χ0n) is 16.2. The smallest absolute Gasteiger partial charge is 0.273 e. The number of ether oxygens (including phenoxy) is 2. The molecule has 8 heteroatoms. The van der Waals surface area contributed by atoms with Gasteiger partial charge in [0.15, 0.2) is 11.5 Å². The highest BCUT2D eigenvalue weighted by Crippen LogP contribution is 2.25. The van der Waals surface area contributed by atoms with Crippen LogP contribution in [0.2, 0.25) is 0 Å². The number of benzene rings is 1. The van der Waals surface area contributed by atoms with Crippen molar-refractivity contribution in [2.75, 3.05) is 40.0 Å². The van der Waals surface area contributed by atoms with Crippen molar-refractivity contribution in [1.29, 1.82) is 0 Å². The normalized spacial score (nSPS) is 15.8. The Hall–Kier alpha value is -3.10. The molecule has 1 unspecified atom stereocenters. The molecule has 152 valence electrons. The SMILES string of the molecule is COc1cccc(-c2cc(C(=O)NCC(c3ccco3)N3CCOCC3)no2)c1. The lowest BCUT2D eigenvalue weighted by Crippen LogP contribution is -2.43. The maximum absolute atomic E-state index is 12.6. The van der Waals surface area contributed by atoms with Crippen molar-refractivity contribution >= 4 is 5.91 Å². The fraction of sp³-hybridized carbons (Fsp3) is 0.333. The van der Waals surface area contributed by atoms with E-state index in [0.29, 0.717) is 31.3 Å². The first-order valence-electron chi connectivity index (χ1n) is 9.49. The quantitative estimate of drug-likeness (QED) is 0.656. The first-order chi connectivity index (χ1) is 14.2. The molecule has 1 atom stereocenters. The number of hydrogen-bond acceptors (Lipinski definition) is 7. The Morgan fingerprint density at radius 2 is 2.10 bits per heavy atom. The van der Waals surface area contributed by atoms with E-state index in [9.17, 15) is 4.79 Å². The van der Waals surface area contributed by atoms with Gasteiger partial charge in [-0.2, -0.15) is 0 Å². The van der Waals surface area contributed by atoms with Gasteiger partial charge in [-0.3, -0.25) is 9.69 Å². The maximum Gasteiger partial charge on any atom is 0.273 e. The van der Waals surface area contributed by atoms with E-state index in [2.05, 4.69) is 15.4 Å². The van der Waals surface area contributed by atoms with E-state index in [-0.39, 0.29) is 17.6 Å². The molecule has 3 heterocycles. The topological polar surface area (TPSA) is 90.0 Å². The molecule has 1 N–H and O–H groups in total. The van der Waals surface area contributed by atoms with Crippen LogP contribution in [0.4, 0.5) is 0 Å². The first kappa shape index (κ1) is 19.2. The Morgan fingerprint density at radius 1 is 1.24 bits per heavy atom. The molecule has 1 aliphatic heterocycles. The molecule has 3 aromatic rings. The molecule has 1 amide bonds. The third-order valence-corrected chi connectivity index (χ3v) is 4.91. The summed E-state index contributed by atoms with van der Waals surface area (Å²) in [4.78, 5) is 14.9. The van der Waals surface area contributed by atoms with Crippen molar-refractivity contribution in [3.8, 4) is 17.1 Å². The van der Waals surface area contributed by atoms with Crippen molar-refractivity contribution in [1.82, 2.24) is 15.4 Å². The minimum absolute atomic E-state index is 0.0670. The van der Waals surface area contributed by atoms with Gasteiger partial charge >= 0.3 is 0 Å². The van der Waals surface area contributed by atoms with Gasteiger partial charge in [0, 0.05) is 31.3 Å². The average Bonchev–Trinajstić information content (AvgIpc) is 3.47. The molecule has 0 bridgehead atoms. The molecule has 0 spiro atoms. The molecule has 1 saturated heterocycles. The summed E-state index contributed by atoms with van der Waals surface area (Å²) in [7, 11) is 1.60. The third kappa shape index (κ3) is 4.49. The molecule has 1 fully saturated rings. The number of methoxy groups -OCH3 is 1. The number of hydrogen-bond donors (Lipinski definition) is 1. The fourth-order valence-corrected chi connectivity index (χ4v) is 3.35. The van der Waals surface area contributed by atoms with E-state index in [1.165, 1.54) is 0 Å². The van der Waals surface area contributed by atoms with Crippen LogP contribution in [-0.4, -0.2) is 55.9 Å². The summed E-state index contributed by atoms with van der Waals surface area (Å²) in [6.45, 7) is 3.29. The zero-order valence-corrected chi connectivity index (χ0v) is 16.2. The number of morpholine rings is 1. The minimum Gasteiger partial charge on any atom is -0.497 e. The van der Waals surface area contributed by atoms with Crippen LogP contribution in [0.25, 0.3) is 11.3 Å². The van der Waals surface area contributed by atoms with Gasteiger partial charge in [-0.1, -0.05) is 17.3 Å². The predicted octanol–water partition coefficient (Wildman–Crippen LogP) is 2.75. The lowest BCUT2D eigenvalue weighted by Gasteiger charge is -2.33. The highest BCUT2D eigenvalue weighted by molar-refractivity contribution is 5.93. The fourth-order valence-electron chi connectivity index (χ4n) is 3.35. The highest BCUT2D eigenvalue weighted by Gasteiger charge is 2.26. The molecular formula is C21H23N3O5. The van der Waals surface area contributed by atoms with Crippen LogP contribution in [0.15, 0.2) is 57.7 Å². The summed E-state index contributed by atoms with van der Waals surface area (Å²) >= 11 is 0.